The number of ether oxygens (including phenoxy) is 5. The lowest BCUT2D eigenvalue weighted by Gasteiger charge is -2.17. The van der Waals surface area contributed by atoms with E-state index in [0.29, 0.717) is 30.5 Å². The van der Waals surface area contributed by atoms with Gasteiger partial charge in [0.25, 0.3) is 0 Å². The lowest BCUT2D eigenvalue weighted by atomic mass is 10.1. The number of epoxide rings is 2. The molecule has 2 aliphatic heterocycles. The molecule has 108 valence electrons. The smallest absolute Gasteiger partial charge is 0.204 e. The Kier molecular flexibility index (Phi) is 3.80. The fraction of sp³-hybridized carbons (Fsp3) is 0.467. The Bertz CT molecular complexity index is 491. The largest absolute Gasteiger partial charge is 0.493 e. The molecule has 1 aromatic carbocycles. The maximum atomic E-state index is 5.84. The molecule has 2 aliphatic rings. The van der Waals surface area contributed by atoms with Gasteiger partial charge >= 0.3 is 0 Å². The average molecular weight is 278 g/mol. The second kappa shape index (κ2) is 5.73. The van der Waals surface area contributed by atoms with Crippen molar-refractivity contribution < 1.29 is 23.7 Å². The number of benzene rings is 1. The Morgan fingerprint density at radius 3 is 2.25 bits per heavy atom. The Morgan fingerprint density at radius 2 is 1.75 bits per heavy atom. The van der Waals surface area contributed by atoms with Crippen LogP contribution in [-0.4, -0.2) is 45.7 Å². The van der Waals surface area contributed by atoms with Gasteiger partial charge in [0, 0.05) is 5.56 Å². The highest BCUT2D eigenvalue weighted by Gasteiger charge is 2.27. The first-order valence-electron chi connectivity index (χ1n) is 6.64. The minimum absolute atomic E-state index is 0.173. The van der Waals surface area contributed by atoms with Crippen molar-refractivity contribution in [1.82, 2.24) is 0 Å². The third kappa shape index (κ3) is 3.05. The molecule has 0 aromatic heterocycles. The van der Waals surface area contributed by atoms with Crippen LogP contribution in [-0.2, 0) is 9.47 Å². The van der Waals surface area contributed by atoms with Gasteiger partial charge in [0.1, 0.15) is 25.4 Å². The van der Waals surface area contributed by atoms with Crippen molar-refractivity contribution in [3.05, 3.63) is 24.3 Å². The maximum absolute atomic E-state index is 5.84. The summed E-state index contributed by atoms with van der Waals surface area (Å²) < 4.78 is 27.3. The van der Waals surface area contributed by atoms with Gasteiger partial charge < -0.3 is 23.7 Å². The van der Waals surface area contributed by atoms with Gasteiger partial charge in [0.05, 0.1) is 20.3 Å². The van der Waals surface area contributed by atoms with Gasteiger partial charge in [-0.2, -0.15) is 0 Å². The quantitative estimate of drug-likeness (QED) is 0.680. The van der Waals surface area contributed by atoms with Gasteiger partial charge in [-0.1, -0.05) is 12.7 Å². The number of methoxy groups -OCH3 is 1. The average Bonchev–Trinajstić information content (AvgIpc) is 3.36. The molecular formula is C15H18O5. The van der Waals surface area contributed by atoms with Crippen LogP contribution in [0.4, 0.5) is 0 Å². The van der Waals surface area contributed by atoms with E-state index in [9.17, 15) is 0 Å². The Balaban J connectivity index is 1.83. The number of hydrogen-bond acceptors (Lipinski definition) is 5. The van der Waals surface area contributed by atoms with Crippen molar-refractivity contribution in [1.29, 1.82) is 0 Å². The third-order valence-electron chi connectivity index (χ3n) is 3.18. The molecule has 5 nitrogen and oxygen atoms in total. The monoisotopic (exact) mass is 278 g/mol. The molecule has 0 N–H and O–H groups in total. The van der Waals surface area contributed by atoms with Crippen LogP contribution in [0.5, 0.6) is 17.2 Å². The van der Waals surface area contributed by atoms with Gasteiger partial charge in [-0.15, -0.1) is 0 Å². The summed E-state index contributed by atoms with van der Waals surface area (Å²) in [4.78, 5) is 0. The highest BCUT2D eigenvalue weighted by molar-refractivity contribution is 5.65. The van der Waals surface area contributed by atoms with E-state index in [0.717, 1.165) is 18.8 Å². The highest BCUT2D eigenvalue weighted by atomic mass is 16.6. The first-order valence-corrected chi connectivity index (χ1v) is 6.64. The summed E-state index contributed by atoms with van der Waals surface area (Å²) in [5, 5.41) is 0. The molecule has 1 aromatic rings. The Hall–Kier alpha value is -1.72. The zero-order chi connectivity index (χ0) is 13.9. The van der Waals surface area contributed by atoms with Gasteiger partial charge in [-0.05, 0) is 12.1 Å². The molecule has 0 bridgehead atoms. The minimum atomic E-state index is 0.173. The van der Waals surface area contributed by atoms with Crippen LogP contribution < -0.4 is 14.2 Å². The standard InChI is InChI=1S/C15H18O5/c1-3-10-4-5-13(16-2)15(20-9-12-7-18-12)14(10)19-8-11-6-17-11/h3-5,11-12H,1,6-9H2,2H3. The third-order valence-corrected chi connectivity index (χ3v) is 3.18. The normalized spacial score (nSPS) is 23.1. The Morgan fingerprint density at radius 1 is 1.15 bits per heavy atom. The van der Waals surface area contributed by atoms with Gasteiger partial charge in [0.2, 0.25) is 5.75 Å². The van der Waals surface area contributed by atoms with Crippen molar-refractivity contribution in [2.24, 2.45) is 0 Å². The van der Waals surface area contributed by atoms with Crippen LogP contribution in [0.2, 0.25) is 0 Å². The summed E-state index contributed by atoms with van der Waals surface area (Å²) in [6.45, 7) is 6.30. The number of hydrogen-bond donors (Lipinski definition) is 0. The molecule has 2 unspecified atom stereocenters. The van der Waals surface area contributed by atoms with Crippen molar-refractivity contribution in [3.63, 3.8) is 0 Å². The van der Waals surface area contributed by atoms with Crippen LogP contribution in [0, 0.1) is 0 Å². The maximum Gasteiger partial charge on any atom is 0.204 e. The van der Waals surface area contributed by atoms with Crippen LogP contribution in [0.15, 0.2) is 18.7 Å². The van der Waals surface area contributed by atoms with E-state index in [1.165, 1.54) is 0 Å². The summed E-state index contributed by atoms with van der Waals surface area (Å²) in [5.74, 6) is 1.89. The molecule has 0 spiro atoms. The fourth-order valence-corrected chi connectivity index (χ4v) is 1.85. The summed E-state index contributed by atoms with van der Waals surface area (Å²) in [6.07, 6.45) is 2.09. The first-order chi connectivity index (χ1) is 9.81. The summed E-state index contributed by atoms with van der Waals surface area (Å²) >= 11 is 0. The summed E-state index contributed by atoms with van der Waals surface area (Å²) in [7, 11) is 1.61. The van der Waals surface area contributed by atoms with Gasteiger partial charge in [-0.25, -0.2) is 0 Å². The van der Waals surface area contributed by atoms with Crippen molar-refractivity contribution in [2.75, 3.05) is 33.5 Å². The molecule has 2 fully saturated rings. The fourth-order valence-electron chi connectivity index (χ4n) is 1.85. The molecule has 2 heterocycles. The second-order valence-electron chi connectivity index (χ2n) is 4.75. The van der Waals surface area contributed by atoms with E-state index >= 15 is 0 Å². The molecule has 20 heavy (non-hydrogen) atoms. The molecule has 2 atom stereocenters. The van der Waals surface area contributed by atoms with E-state index in [2.05, 4.69) is 6.58 Å². The number of rotatable bonds is 8. The highest BCUT2D eigenvalue weighted by Crippen LogP contribution is 2.41. The zero-order valence-electron chi connectivity index (χ0n) is 11.5. The molecule has 0 saturated carbocycles. The second-order valence-corrected chi connectivity index (χ2v) is 4.75. The van der Waals surface area contributed by atoms with Crippen LogP contribution in [0.1, 0.15) is 5.56 Å². The minimum Gasteiger partial charge on any atom is -0.493 e. The van der Waals surface area contributed by atoms with Crippen molar-refractivity contribution in [2.45, 2.75) is 12.2 Å². The van der Waals surface area contributed by atoms with E-state index in [-0.39, 0.29) is 12.2 Å². The van der Waals surface area contributed by atoms with Crippen molar-refractivity contribution >= 4 is 6.08 Å². The van der Waals surface area contributed by atoms with E-state index in [4.69, 9.17) is 23.7 Å². The molecule has 0 aliphatic carbocycles. The lowest BCUT2D eigenvalue weighted by Crippen LogP contribution is -2.10. The molecule has 0 amide bonds. The van der Waals surface area contributed by atoms with E-state index < -0.39 is 0 Å². The Labute approximate surface area is 118 Å². The van der Waals surface area contributed by atoms with Crippen LogP contribution in [0.25, 0.3) is 6.08 Å². The van der Waals surface area contributed by atoms with Crippen LogP contribution in [0.3, 0.4) is 0 Å². The van der Waals surface area contributed by atoms with E-state index in [1.807, 2.05) is 12.1 Å². The molecule has 5 heteroatoms. The predicted molar refractivity (Wildman–Crippen MR) is 73.6 cm³/mol. The topological polar surface area (TPSA) is 52.8 Å². The van der Waals surface area contributed by atoms with Gasteiger partial charge in [-0.3, -0.25) is 0 Å². The zero-order valence-corrected chi connectivity index (χ0v) is 11.5. The summed E-state index contributed by atoms with van der Waals surface area (Å²) in [6, 6.07) is 3.75. The lowest BCUT2D eigenvalue weighted by molar-refractivity contribution is 0.220. The van der Waals surface area contributed by atoms with Gasteiger partial charge in [0.15, 0.2) is 11.5 Å². The molecular weight excluding hydrogens is 260 g/mol. The SMILES string of the molecule is C=Cc1ccc(OC)c(OCC2CO2)c1OCC1CO1. The van der Waals surface area contributed by atoms with E-state index in [1.54, 1.807) is 13.2 Å². The van der Waals surface area contributed by atoms with Crippen LogP contribution >= 0.6 is 0 Å². The molecule has 0 radical (unpaired) electrons. The van der Waals surface area contributed by atoms with Crippen molar-refractivity contribution in [3.8, 4) is 17.2 Å². The predicted octanol–water partition coefficient (Wildman–Crippen LogP) is 1.89. The molecule has 3 rings (SSSR count). The summed E-state index contributed by atoms with van der Waals surface area (Å²) in [5.41, 5.74) is 0.873. The first kappa shape index (κ1) is 13.3. The molecule has 2 saturated heterocycles.